The average molecular weight is 297 g/mol. The van der Waals surface area contributed by atoms with Gasteiger partial charge < -0.3 is 10.0 Å². The van der Waals surface area contributed by atoms with E-state index in [9.17, 15) is 4.79 Å². The lowest BCUT2D eigenvalue weighted by atomic mass is 10.0. The molecule has 2 saturated heterocycles. The van der Waals surface area contributed by atoms with Crippen molar-refractivity contribution in [3.8, 4) is 0 Å². The lowest BCUT2D eigenvalue weighted by Crippen LogP contribution is -2.56. The Morgan fingerprint density at radius 3 is 2.10 bits per heavy atom. The van der Waals surface area contributed by atoms with E-state index < -0.39 is 5.97 Å². The maximum Gasteiger partial charge on any atom is 0.320 e. The van der Waals surface area contributed by atoms with Crippen LogP contribution in [0.2, 0.25) is 0 Å². The molecular formula is C16H31N3O2. The number of carboxylic acid groups (broad SMARTS) is 1. The number of hydrogen-bond acceptors (Lipinski definition) is 4. The zero-order valence-electron chi connectivity index (χ0n) is 13.8. The van der Waals surface area contributed by atoms with E-state index in [2.05, 4.69) is 28.5 Å². The Labute approximate surface area is 128 Å². The second-order valence-corrected chi connectivity index (χ2v) is 7.01. The van der Waals surface area contributed by atoms with Crippen LogP contribution in [0.5, 0.6) is 0 Å². The fraction of sp³-hybridized carbons (Fsp3) is 0.938. The monoisotopic (exact) mass is 297 g/mol. The molecule has 0 saturated carbocycles. The van der Waals surface area contributed by atoms with E-state index in [0.29, 0.717) is 6.04 Å². The highest BCUT2D eigenvalue weighted by atomic mass is 16.4. The fourth-order valence-electron chi connectivity index (χ4n) is 3.63. The number of carbonyl (C=O) groups is 1. The van der Waals surface area contributed by atoms with Crippen LogP contribution in [-0.2, 0) is 4.79 Å². The minimum absolute atomic E-state index is 0.347. The van der Waals surface area contributed by atoms with E-state index in [1.54, 1.807) is 6.92 Å². The van der Waals surface area contributed by atoms with E-state index in [1.165, 1.54) is 32.5 Å². The van der Waals surface area contributed by atoms with Crippen LogP contribution in [0.25, 0.3) is 0 Å². The molecule has 5 nitrogen and oxygen atoms in total. The highest BCUT2D eigenvalue weighted by Crippen LogP contribution is 2.19. The normalized spacial score (nSPS) is 25.3. The molecule has 21 heavy (non-hydrogen) atoms. The summed E-state index contributed by atoms with van der Waals surface area (Å²) in [5, 5.41) is 9.09. The summed E-state index contributed by atoms with van der Waals surface area (Å²) < 4.78 is 0. The summed E-state index contributed by atoms with van der Waals surface area (Å²) in [6.07, 6.45) is 2.53. The van der Waals surface area contributed by atoms with Gasteiger partial charge >= 0.3 is 5.97 Å². The Morgan fingerprint density at radius 2 is 1.62 bits per heavy atom. The zero-order valence-corrected chi connectivity index (χ0v) is 13.8. The van der Waals surface area contributed by atoms with Crippen LogP contribution in [0.4, 0.5) is 0 Å². The van der Waals surface area contributed by atoms with Crippen molar-refractivity contribution in [3.63, 3.8) is 0 Å². The van der Waals surface area contributed by atoms with Crippen molar-refractivity contribution in [1.82, 2.24) is 14.7 Å². The average Bonchev–Trinajstić information content (AvgIpc) is 2.47. The number of carboxylic acids is 1. The van der Waals surface area contributed by atoms with Crippen LogP contribution in [0.3, 0.4) is 0 Å². The minimum Gasteiger partial charge on any atom is -0.480 e. The van der Waals surface area contributed by atoms with Crippen LogP contribution in [0.1, 0.15) is 33.6 Å². The van der Waals surface area contributed by atoms with Crippen molar-refractivity contribution in [2.45, 2.75) is 45.7 Å². The number of piperidine rings is 1. The number of hydrogen-bond donors (Lipinski definition) is 1. The van der Waals surface area contributed by atoms with Gasteiger partial charge in [-0.2, -0.15) is 0 Å². The first-order valence-corrected chi connectivity index (χ1v) is 8.40. The smallest absolute Gasteiger partial charge is 0.320 e. The number of nitrogens with zero attached hydrogens (tertiary/aromatic N) is 3. The van der Waals surface area contributed by atoms with Gasteiger partial charge in [-0.25, -0.2) is 0 Å². The topological polar surface area (TPSA) is 47.0 Å². The predicted octanol–water partition coefficient (Wildman–Crippen LogP) is 1.20. The summed E-state index contributed by atoms with van der Waals surface area (Å²) >= 11 is 0. The quantitative estimate of drug-likeness (QED) is 0.826. The van der Waals surface area contributed by atoms with Gasteiger partial charge in [0.2, 0.25) is 0 Å². The van der Waals surface area contributed by atoms with Crippen molar-refractivity contribution >= 4 is 5.97 Å². The van der Waals surface area contributed by atoms with Crippen LogP contribution in [0, 0.1) is 5.92 Å². The molecule has 0 spiro atoms. The van der Waals surface area contributed by atoms with Gasteiger partial charge in [0, 0.05) is 38.8 Å². The molecule has 1 unspecified atom stereocenters. The van der Waals surface area contributed by atoms with Crippen LogP contribution >= 0.6 is 0 Å². The van der Waals surface area contributed by atoms with Crippen molar-refractivity contribution in [1.29, 1.82) is 0 Å². The van der Waals surface area contributed by atoms with Gasteiger partial charge in [-0.15, -0.1) is 0 Å². The number of aliphatic carboxylic acids is 1. The largest absolute Gasteiger partial charge is 0.480 e. The SMILES string of the molecule is CC(C)CN1CCC(N2CCN(C(C)C(=O)O)CC2)CC1. The fourth-order valence-corrected chi connectivity index (χ4v) is 3.63. The third kappa shape index (κ3) is 4.66. The molecular weight excluding hydrogens is 266 g/mol. The van der Waals surface area contributed by atoms with Crippen LogP contribution < -0.4 is 0 Å². The third-order valence-corrected chi connectivity index (χ3v) is 4.95. The van der Waals surface area contributed by atoms with E-state index >= 15 is 0 Å². The molecule has 2 aliphatic rings. The Kier molecular flexibility index (Phi) is 6.02. The first-order chi connectivity index (χ1) is 9.97. The van der Waals surface area contributed by atoms with Crippen molar-refractivity contribution in [2.75, 3.05) is 45.8 Å². The van der Waals surface area contributed by atoms with E-state index in [4.69, 9.17) is 5.11 Å². The summed E-state index contributed by atoms with van der Waals surface area (Å²) in [4.78, 5) is 18.3. The molecule has 0 aliphatic carbocycles. The number of rotatable bonds is 5. The highest BCUT2D eigenvalue weighted by Gasteiger charge is 2.30. The lowest BCUT2D eigenvalue weighted by Gasteiger charge is -2.43. The molecule has 1 atom stereocenters. The van der Waals surface area contributed by atoms with Crippen molar-refractivity contribution in [2.24, 2.45) is 5.92 Å². The number of piperazine rings is 1. The Morgan fingerprint density at radius 1 is 1.05 bits per heavy atom. The third-order valence-electron chi connectivity index (χ3n) is 4.95. The summed E-state index contributed by atoms with van der Waals surface area (Å²) in [5.41, 5.74) is 0. The van der Waals surface area contributed by atoms with Crippen molar-refractivity contribution < 1.29 is 9.90 Å². The predicted molar refractivity (Wildman–Crippen MR) is 84.5 cm³/mol. The molecule has 2 rings (SSSR count). The van der Waals surface area contributed by atoms with Gasteiger partial charge in [-0.3, -0.25) is 14.6 Å². The van der Waals surface area contributed by atoms with E-state index in [1.807, 2.05) is 0 Å². The zero-order chi connectivity index (χ0) is 15.4. The van der Waals surface area contributed by atoms with Gasteiger partial charge in [0.25, 0.3) is 0 Å². The molecule has 0 radical (unpaired) electrons. The molecule has 1 N–H and O–H groups in total. The Bertz CT molecular complexity index is 332. The Balaban J connectivity index is 1.73. The molecule has 0 aromatic heterocycles. The Hall–Kier alpha value is -0.650. The van der Waals surface area contributed by atoms with Gasteiger partial charge in [0.1, 0.15) is 6.04 Å². The molecule has 0 bridgehead atoms. The highest BCUT2D eigenvalue weighted by molar-refractivity contribution is 5.72. The second kappa shape index (κ2) is 7.56. The molecule has 2 heterocycles. The maximum absolute atomic E-state index is 11.0. The van der Waals surface area contributed by atoms with Gasteiger partial charge in [-0.1, -0.05) is 13.8 Å². The molecule has 5 heteroatoms. The summed E-state index contributed by atoms with van der Waals surface area (Å²) in [5.74, 6) is 0.0491. The molecule has 2 fully saturated rings. The minimum atomic E-state index is -0.703. The van der Waals surface area contributed by atoms with E-state index in [0.717, 1.165) is 32.1 Å². The maximum atomic E-state index is 11.0. The van der Waals surface area contributed by atoms with Crippen molar-refractivity contribution in [3.05, 3.63) is 0 Å². The first kappa shape index (κ1) is 16.7. The van der Waals surface area contributed by atoms with Gasteiger partial charge in [-0.05, 0) is 38.8 Å². The molecule has 122 valence electrons. The van der Waals surface area contributed by atoms with Crippen LogP contribution in [0.15, 0.2) is 0 Å². The van der Waals surface area contributed by atoms with E-state index in [-0.39, 0.29) is 6.04 Å². The first-order valence-electron chi connectivity index (χ1n) is 8.40. The number of likely N-dealkylation sites (tertiary alicyclic amines) is 1. The molecule has 0 aromatic rings. The molecule has 0 amide bonds. The van der Waals surface area contributed by atoms with Crippen LogP contribution in [-0.4, -0.2) is 83.7 Å². The second-order valence-electron chi connectivity index (χ2n) is 7.01. The molecule has 0 aromatic carbocycles. The standard InChI is InChI=1S/C16H31N3O2/c1-13(2)12-17-6-4-15(5-7-17)19-10-8-18(9-11-19)14(3)16(20)21/h13-15H,4-12H2,1-3H3,(H,20,21). The summed E-state index contributed by atoms with van der Waals surface area (Å²) in [6, 6.07) is 0.357. The lowest BCUT2D eigenvalue weighted by molar-refractivity contribution is -0.143. The van der Waals surface area contributed by atoms with Gasteiger partial charge in [0.05, 0.1) is 0 Å². The summed E-state index contributed by atoms with van der Waals surface area (Å²) in [6.45, 7) is 13.8. The molecule has 2 aliphatic heterocycles. The van der Waals surface area contributed by atoms with Gasteiger partial charge in [0.15, 0.2) is 0 Å². The summed E-state index contributed by atoms with van der Waals surface area (Å²) in [7, 11) is 0.